The van der Waals surface area contributed by atoms with Gasteiger partial charge in [0.25, 0.3) is 0 Å². The molecule has 0 amide bonds. The molecule has 1 aromatic rings. The van der Waals surface area contributed by atoms with E-state index >= 15 is 0 Å². The van der Waals surface area contributed by atoms with Crippen LogP contribution in [0.15, 0.2) is 34.5 Å². The number of amidine groups is 2. The average Bonchev–Trinajstić information content (AvgIpc) is 2.29. The number of nitrogens with zero attached hydrogens (tertiary/aromatic N) is 4. The summed E-state index contributed by atoms with van der Waals surface area (Å²) in [6.45, 7) is 1.23. The highest BCUT2D eigenvalue weighted by Gasteiger charge is 2.13. The lowest BCUT2D eigenvalue weighted by molar-refractivity contribution is 0.439. The minimum absolute atomic E-state index is 0.213. The van der Waals surface area contributed by atoms with Crippen LogP contribution >= 0.6 is 23.2 Å². The Kier molecular flexibility index (Phi) is 3.74. The van der Waals surface area contributed by atoms with Crippen LogP contribution in [0.5, 0.6) is 0 Å². The van der Waals surface area contributed by atoms with Crippen LogP contribution in [0.1, 0.15) is 5.56 Å². The van der Waals surface area contributed by atoms with E-state index in [9.17, 15) is 0 Å². The van der Waals surface area contributed by atoms with Crippen LogP contribution in [-0.2, 0) is 6.42 Å². The Hall–Kier alpha value is -1.13. The van der Waals surface area contributed by atoms with Crippen molar-refractivity contribution in [2.24, 2.45) is 9.98 Å². The van der Waals surface area contributed by atoms with E-state index in [0.29, 0.717) is 12.0 Å². The Morgan fingerprint density at radius 1 is 1.25 bits per heavy atom. The number of hydrogen-bond acceptors (Lipinski definition) is 4. The van der Waals surface area contributed by atoms with Crippen molar-refractivity contribution in [2.45, 2.75) is 6.42 Å². The van der Waals surface area contributed by atoms with Crippen LogP contribution in [0.2, 0.25) is 0 Å². The number of pyridine rings is 1. The van der Waals surface area contributed by atoms with Crippen molar-refractivity contribution in [3.8, 4) is 0 Å². The summed E-state index contributed by atoms with van der Waals surface area (Å²) in [6.07, 6.45) is 4.42. The topological polar surface area (TPSA) is 40.9 Å². The number of hydrogen-bond donors (Lipinski definition) is 0. The van der Waals surface area contributed by atoms with E-state index in [1.165, 1.54) is 5.56 Å². The smallest absolute Gasteiger partial charge is 0.222 e. The predicted octanol–water partition coefficient (Wildman–Crippen LogP) is 2.09. The SMILES string of the molecule is ClC1=NCN(CCc2ccncc2)C(Cl)=N1. The van der Waals surface area contributed by atoms with Gasteiger partial charge < -0.3 is 4.90 Å². The van der Waals surface area contributed by atoms with E-state index in [-0.39, 0.29) is 5.29 Å². The summed E-state index contributed by atoms with van der Waals surface area (Å²) in [5, 5.41) is 0.610. The van der Waals surface area contributed by atoms with E-state index in [1.54, 1.807) is 12.4 Å². The van der Waals surface area contributed by atoms with Crippen molar-refractivity contribution in [3.63, 3.8) is 0 Å². The van der Waals surface area contributed by atoms with Crippen molar-refractivity contribution in [1.82, 2.24) is 9.88 Å². The number of rotatable bonds is 3. The van der Waals surface area contributed by atoms with Crippen molar-refractivity contribution in [1.29, 1.82) is 0 Å². The Bertz CT molecular complexity index is 416. The van der Waals surface area contributed by atoms with Crippen LogP contribution < -0.4 is 0 Å². The predicted molar refractivity (Wildman–Crippen MR) is 66.1 cm³/mol. The summed E-state index contributed by atoms with van der Waals surface area (Å²) in [4.78, 5) is 13.7. The molecule has 0 saturated heterocycles. The van der Waals surface area contributed by atoms with E-state index in [4.69, 9.17) is 23.2 Å². The van der Waals surface area contributed by atoms with Crippen molar-refractivity contribution < 1.29 is 0 Å². The molecule has 2 heterocycles. The fourth-order valence-corrected chi connectivity index (χ4v) is 1.76. The van der Waals surface area contributed by atoms with Gasteiger partial charge in [-0.15, -0.1) is 0 Å². The summed E-state index contributed by atoms with van der Waals surface area (Å²) in [7, 11) is 0. The molecule has 0 unspecified atom stereocenters. The number of halogens is 2. The fraction of sp³-hybridized carbons (Fsp3) is 0.300. The third kappa shape index (κ3) is 2.93. The maximum Gasteiger partial charge on any atom is 0.222 e. The molecule has 84 valence electrons. The first-order valence-corrected chi connectivity index (χ1v) is 5.59. The molecule has 4 nitrogen and oxygen atoms in total. The molecule has 0 aliphatic carbocycles. The highest BCUT2D eigenvalue weighted by molar-refractivity contribution is 6.71. The molecule has 0 spiro atoms. The quantitative estimate of drug-likeness (QED) is 0.778. The van der Waals surface area contributed by atoms with Gasteiger partial charge in [0.05, 0.1) is 0 Å². The lowest BCUT2D eigenvalue weighted by Gasteiger charge is -2.22. The molecular formula is C10H10Cl2N4. The molecule has 0 fully saturated rings. The van der Waals surface area contributed by atoms with Crippen molar-refractivity contribution in [3.05, 3.63) is 30.1 Å². The highest BCUT2D eigenvalue weighted by Crippen LogP contribution is 2.08. The monoisotopic (exact) mass is 256 g/mol. The molecule has 0 bridgehead atoms. The third-order valence-electron chi connectivity index (χ3n) is 2.24. The van der Waals surface area contributed by atoms with Gasteiger partial charge in [-0.25, -0.2) is 4.99 Å². The first kappa shape index (κ1) is 11.4. The van der Waals surface area contributed by atoms with E-state index in [0.717, 1.165) is 13.0 Å². The van der Waals surface area contributed by atoms with Crippen LogP contribution in [0.3, 0.4) is 0 Å². The van der Waals surface area contributed by atoms with Gasteiger partial charge in [0.15, 0.2) is 0 Å². The van der Waals surface area contributed by atoms with Gasteiger partial charge in [-0.05, 0) is 47.3 Å². The molecule has 0 radical (unpaired) electrons. The van der Waals surface area contributed by atoms with Crippen LogP contribution in [-0.4, -0.2) is 33.7 Å². The van der Waals surface area contributed by atoms with Crippen molar-refractivity contribution >= 4 is 33.8 Å². The fourth-order valence-electron chi connectivity index (χ4n) is 1.36. The second-order valence-electron chi connectivity index (χ2n) is 3.32. The standard InChI is InChI=1S/C10H10Cl2N4/c11-9-14-7-16(10(12)15-9)6-3-8-1-4-13-5-2-8/h1-2,4-5H,3,6-7H2. The minimum atomic E-state index is 0.213. The zero-order valence-electron chi connectivity index (χ0n) is 8.48. The Morgan fingerprint density at radius 3 is 2.69 bits per heavy atom. The molecule has 1 aromatic heterocycles. The molecule has 0 atom stereocenters. The van der Waals surface area contributed by atoms with Gasteiger partial charge in [0, 0.05) is 18.9 Å². The summed E-state index contributed by atoms with van der Waals surface area (Å²) < 4.78 is 0. The second kappa shape index (κ2) is 5.27. The van der Waals surface area contributed by atoms with E-state index < -0.39 is 0 Å². The molecule has 2 rings (SSSR count). The lowest BCUT2D eigenvalue weighted by Crippen LogP contribution is -2.32. The van der Waals surface area contributed by atoms with E-state index in [2.05, 4.69) is 15.0 Å². The zero-order chi connectivity index (χ0) is 11.4. The maximum absolute atomic E-state index is 5.94. The molecule has 0 aromatic carbocycles. The van der Waals surface area contributed by atoms with Crippen LogP contribution in [0.4, 0.5) is 0 Å². The van der Waals surface area contributed by atoms with Gasteiger partial charge in [-0.3, -0.25) is 4.98 Å². The first-order chi connectivity index (χ1) is 7.75. The molecule has 0 N–H and O–H groups in total. The first-order valence-electron chi connectivity index (χ1n) is 4.84. The highest BCUT2D eigenvalue weighted by atomic mass is 35.5. The molecular weight excluding hydrogens is 247 g/mol. The summed E-state index contributed by atoms with van der Waals surface area (Å²) in [5.41, 5.74) is 1.21. The molecule has 1 aliphatic rings. The third-order valence-corrected chi connectivity index (χ3v) is 2.76. The summed E-state index contributed by atoms with van der Waals surface area (Å²) in [5.74, 6) is 0. The Morgan fingerprint density at radius 2 is 2.00 bits per heavy atom. The van der Waals surface area contributed by atoms with Gasteiger partial charge >= 0.3 is 0 Å². The van der Waals surface area contributed by atoms with Crippen LogP contribution in [0, 0.1) is 0 Å². The lowest BCUT2D eigenvalue weighted by atomic mass is 10.2. The molecule has 1 aliphatic heterocycles. The summed E-state index contributed by atoms with van der Waals surface area (Å²) in [6, 6.07) is 3.95. The summed E-state index contributed by atoms with van der Waals surface area (Å²) >= 11 is 11.6. The Balaban J connectivity index is 1.91. The van der Waals surface area contributed by atoms with Gasteiger partial charge in [0.2, 0.25) is 10.6 Å². The molecule has 0 saturated carbocycles. The maximum atomic E-state index is 5.94. The average molecular weight is 257 g/mol. The number of aromatic nitrogens is 1. The largest absolute Gasteiger partial charge is 0.327 e. The van der Waals surface area contributed by atoms with Gasteiger partial charge in [-0.1, -0.05) is 0 Å². The number of aliphatic imine (C=N–C) groups is 2. The van der Waals surface area contributed by atoms with Crippen molar-refractivity contribution in [2.75, 3.05) is 13.2 Å². The van der Waals surface area contributed by atoms with Crippen LogP contribution in [0.25, 0.3) is 0 Å². The molecule has 16 heavy (non-hydrogen) atoms. The van der Waals surface area contributed by atoms with E-state index in [1.807, 2.05) is 17.0 Å². The minimum Gasteiger partial charge on any atom is -0.327 e. The Labute approximate surface area is 104 Å². The molecule has 6 heteroatoms. The normalized spacial score (nSPS) is 15.8. The van der Waals surface area contributed by atoms with Gasteiger partial charge in [-0.2, -0.15) is 4.99 Å². The van der Waals surface area contributed by atoms with Gasteiger partial charge in [0.1, 0.15) is 6.67 Å². The second-order valence-corrected chi connectivity index (χ2v) is 3.99. The zero-order valence-corrected chi connectivity index (χ0v) is 9.99.